The minimum absolute atomic E-state index is 0.575. The van der Waals surface area contributed by atoms with Gasteiger partial charge in [-0.05, 0) is 29.3 Å². The maximum absolute atomic E-state index is 9.12. The van der Waals surface area contributed by atoms with E-state index in [1.807, 2.05) is 65.6 Å². The van der Waals surface area contributed by atoms with Crippen molar-refractivity contribution in [1.82, 2.24) is 9.78 Å². The first-order valence-corrected chi connectivity index (χ1v) is 6.62. The van der Waals surface area contributed by atoms with Gasteiger partial charge in [0.1, 0.15) is 0 Å². The molecule has 4 heteroatoms. The van der Waals surface area contributed by atoms with Gasteiger partial charge in [-0.3, -0.25) is 4.68 Å². The van der Waals surface area contributed by atoms with Crippen molar-refractivity contribution in [2.45, 2.75) is 6.54 Å². The summed E-state index contributed by atoms with van der Waals surface area (Å²) < 4.78 is 1.83. The van der Waals surface area contributed by atoms with Gasteiger partial charge in [0, 0.05) is 17.4 Å². The Hall–Kier alpha value is -3.06. The summed E-state index contributed by atoms with van der Waals surface area (Å²) in [6.07, 6.45) is 3.77. The van der Waals surface area contributed by atoms with Crippen LogP contribution >= 0.6 is 0 Å². The van der Waals surface area contributed by atoms with E-state index < -0.39 is 0 Å². The Morgan fingerprint density at radius 2 is 1.95 bits per heavy atom. The van der Waals surface area contributed by atoms with Crippen LogP contribution in [0, 0.1) is 11.3 Å². The highest BCUT2D eigenvalue weighted by Crippen LogP contribution is 2.21. The fourth-order valence-corrected chi connectivity index (χ4v) is 2.26. The summed E-state index contributed by atoms with van der Waals surface area (Å²) in [6.45, 7) is 0.575. The molecule has 0 fully saturated rings. The Bertz CT molecular complexity index is 811. The maximum Gasteiger partial charge on any atom is 0.0995 e. The molecule has 0 atom stereocenters. The van der Waals surface area contributed by atoms with Crippen LogP contribution in [-0.4, -0.2) is 9.78 Å². The second-order valence-corrected chi connectivity index (χ2v) is 4.82. The van der Waals surface area contributed by atoms with Gasteiger partial charge in [-0.15, -0.1) is 0 Å². The molecule has 1 aromatic heterocycles. The second kappa shape index (κ2) is 5.51. The molecular formula is C17H14N4. The van der Waals surface area contributed by atoms with Gasteiger partial charge in [0.15, 0.2) is 0 Å². The highest BCUT2D eigenvalue weighted by molar-refractivity contribution is 5.65. The maximum atomic E-state index is 9.12. The second-order valence-electron chi connectivity index (χ2n) is 4.82. The predicted octanol–water partition coefficient (Wildman–Crippen LogP) is 3.05. The lowest BCUT2D eigenvalue weighted by atomic mass is 10.1. The molecule has 0 aliphatic heterocycles. The summed E-state index contributed by atoms with van der Waals surface area (Å²) in [7, 11) is 0. The first-order chi connectivity index (χ1) is 10.3. The van der Waals surface area contributed by atoms with Gasteiger partial charge in [0.05, 0.1) is 24.4 Å². The first-order valence-electron chi connectivity index (χ1n) is 6.62. The van der Waals surface area contributed by atoms with Gasteiger partial charge < -0.3 is 5.73 Å². The Labute approximate surface area is 123 Å². The lowest BCUT2D eigenvalue weighted by Gasteiger charge is -2.03. The summed E-state index contributed by atoms with van der Waals surface area (Å²) in [6, 6.07) is 17.5. The monoisotopic (exact) mass is 274 g/mol. The van der Waals surface area contributed by atoms with Crippen molar-refractivity contribution >= 4 is 5.69 Å². The van der Waals surface area contributed by atoms with Crippen molar-refractivity contribution in [1.29, 1.82) is 5.26 Å². The minimum Gasteiger partial charge on any atom is -0.399 e. The number of anilines is 1. The molecule has 0 radical (unpaired) electrons. The summed E-state index contributed by atoms with van der Waals surface area (Å²) >= 11 is 0. The molecule has 0 bridgehead atoms. The van der Waals surface area contributed by atoms with Crippen LogP contribution < -0.4 is 5.73 Å². The molecule has 0 spiro atoms. The molecule has 21 heavy (non-hydrogen) atoms. The van der Waals surface area contributed by atoms with E-state index in [2.05, 4.69) is 11.2 Å². The Kier molecular flexibility index (Phi) is 3.40. The standard InChI is InChI=1S/C17H14N4/c18-9-14-4-1-2-5-15(14)11-21-12-16(10-20-21)13-6-3-7-17(19)8-13/h1-8,10,12H,11,19H2. The fourth-order valence-electron chi connectivity index (χ4n) is 2.26. The Morgan fingerprint density at radius 1 is 1.10 bits per heavy atom. The fraction of sp³-hybridized carbons (Fsp3) is 0.0588. The van der Waals surface area contributed by atoms with Gasteiger partial charge in [0.25, 0.3) is 0 Å². The van der Waals surface area contributed by atoms with E-state index in [1.165, 1.54) is 0 Å². The molecule has 1 heterocycles. The van der Waals surface area contributed by atoms with Crippen LogP contribution in [0.25, 0.3) is 11.1 Å². The van der Waals surface area contributed by atoms with Crippen molar-refractivity contribution in [3.05, 3.63) is 72.1 Å². The van der Waals surface area contributed by atoms with Crippen molar-refractivity contribution in [3.8, 4) is 17.2 Å². The molecule has 2 N–H and O–H groups in total. The Balaban J connectivity index is 1.88. The first kappa shape index (κ1) is 12.9. The van der Waals surface area contributed by atoms with Gasteiger partial charge in [-0.25, -0.2) is 0 Å². The van der Waals surface area contributed by atoms with Crippen LogP contribution in [0.2, 0.25) is 0 Å². The van der Waals surface area contributed by atoms with Crippen LogP contribution in [0.1, 0.15) is 11.1 Å². The van der Waals surface area contributed by atoms with Crippen LogP contribution in [0.4, 0.5) is 5.69 Å². The third-order valence-electron chi connectivity index (χ3n) is 3.32. The number of nitrogen functional groups attached to an aromatic ring is 1. The molecule has 0 aliphatic rings. The Morgan fingerprint density at radius 3 is 2.76 bits per heavy atom. The number of nitriles is 1. The predicted molar refractivity (Wildman–Crippen MR) is 82.3 cm³/mol. The third-order valence-corrected chi connectivity index (χ3v) is 3.32. The highest BCUT2D eigenvalue weighted by atomic mass is 15.3. The summed E-state index contributed by atoms with van der Waals surface area (Å²) in [5.41, 5.74) is 10.2. The highest BCUT2D eigenvalue weighted by Gasteiger charge is 2.05. The van der Waals surface area contributed by atoms with Crippen LogP contribution in [-0.2, 0) is 6.54 Å². The van der Waals surface area contributed by atoms with E-state index >= 15 is 0 Å². The van der Waals surface area contributed by atoms with Crippen LogP contribution in [0.3, 0.4) is 0 Å². The largest absolute Gasteiger partial charge is 0.399 e. The topological polar surface area (TPSA) is 67.6 Å². The summed E-state index contributed by atoms with van der Waals surface area (Å²) in [5.74, 6) is 0. The van der Waals surface area contributed by atoms with Crippen molar-refractivity contribution in [3.63, 3.8) is 0 Å². The molecule has 0 aliphatic carbocycles. The number of hydrogen-bond donors (Lipinski definition) is 1. The number of aromatic nitrogens is 2. The van der Waals surface area contributed by atoms with E-state index in [1.54, 1.807) is 0 Å². The summed E-state index contributed by atoms with van der Waals surface area (Å²) in [5, 5.41) is 13.5. The molecule has 0 amide bonds. The third kappa shape index (κ3) is 2.77. The number of hydrogen-bond acceptors (Lipinski definition) is 3. The zero-order valence-electron chi connectivity index (χ0n) is 11.4. The average Bonchev–Trinajstić information content (AvgIpc) is 2.96. The van der Waals surface area contributed by atoms with Gasteiger partial charge >= 0.3 is 0 Å². The van der Waals surface area contributed by atoms with E-state index in [0.29, 0.717) is 12.1 Å². The molecular weight excluding hydrogens is 260 g/mol. The van der Waals surface area contributed by atoms with Crippen molar-refractivity contribution in [2.24, 2.45) is 0 Å². The molecule has 3 rings (SSSR count). The smallest absolute Gasteiger partial charge is 0.0995 e. The molecule has 2 aromatic carbocycles. The van der Waals surface area contributed by atoms with Crippen LogP contribution in [0.5, 0.6) is 0 Å². The number of benzene rings is 2. The number of nitrogens with two attached hydrogens (primary N) is 1. The number of nitrogens with zero attached hydrogens (tertiary/aromatic N) is 3. The van der Waals surface area contributed by atoms with Crippen LogP contribution in [0.15, 0.2) is 60.9 Å². The van der Waals surface area contributed by atoms with Gasteiger partial charge in [0.2, 0.25) is 0 Å². The van der Waals surface area contributed by atoms with E-state index in [-0.39, 0.29) is 0 Å². The molecule has 0 saturated heterocycles. The lowest BCUT2D eigenvalue weighted by molar-refractivity contribution is 0.686. The summed E-state index contributed by atoms with van der Waals surface area (Å²) in [4.78, 5) is 0. The van der Waals surface area contributed by atoms with Crippen molar-refractivity contribution in [2.75, 3.05) is 5.73 Å². The van der Waals surface area contributed by atoms with Crippen molar-refractivity contribution < 1.29 is 0 Å². The van der Waals surface area contributed by atoms with E-state index in [4.69, 9.17) is 11.0 Å². The molecule has 3 aromatic rings. The SMILES string of the molecule is N#Cc1ccccc1Cn1cc(-c2cccc(N)c2)cn1. The lowest BCUT2D eigenvalue weighted by Crippen LogP contribution is -2.01. The zero-order chi connectivity index (χ0) is 14.7. The zero-order valence-corrected chi connectivity index (χ0v) is 11.4. The van der Waals surface area contributed by atoms with E-state index in [0.717, 1.165) is 22.4 Å². The normalized spacial score (nSPS) is 10.2. The molecule has 0 saturated carbocycles. The quantitative estimate of drug-likeness (QED) is 0.746. The van der Waals surface area contributed by atoms with Gasteiger partial charge in [-0.1, -0.05) is 30.3 Å². The number of rotatable bonds is 3. The molecule has 102 valence electrons. The van der Waals surface area contributed by atoms with Gasteiger partial charge in [-0.2, -0.15) is 10.4 Å². The average molecular weight is 274 g/mol. The van der Waals surface area contributed by atoms with E-state index in [9.17, 15) is 0 Å². The molecule has 0 unspecified atom stereocenters. The minimum atomic E-state index is 0.575. The molecule has 4 nitrogen and oxygen atoms in total.